The van der Waals surface area contributed by atoms with E-state index in [1.54, 1.807) is 4.90 Å². The maximum Gasteiger partial charge on any atom is 0.319 e. The summed E-state index contributed by atoms with van der Waals surface area (Å²) in [5, 5.41) is 5.38. The van der Waals surface area contributed by atoms with E-state index in [9.17, 15) is 14.0 Å². The van der Waals surface area contributed by atoms with Crippen LogP contribution in [0, 0.1) is 5.82 Å². The summed E-state index contributed by atoms with van der Waals surface area (Å²) in [6, 6.07) is 11.6. The molecule has 6 nitrogen and oxygen atoms in total. The first-order valence-corrected chi connectivity index (χ1v) is 11.8. The van der Waals surface area contributed by atoms with E-state index in [0.29, 0.717) is 24.9 Å². The normalized spacial score (nSPS) is 23.1. The Balaban J connectivity index is 1.37. The fourth-order valence-electron chi connectivity index (χ4n) is 4.83. The molecule has 3 atom stereocenters. The summed E-state index contributed by atoms with van der Waals surface area (Å²) >= 11 is 5.75. The summed E-state index contributed by atoms with van der Waals surface area (Å²) in [5.74, 6) is -0.238. The molecule has 0 spiro atoms. The number of anilines is 2. The highest BCUT2D eigenvalue weighted by atomic mass is 35.5. The zero-order valence-corrected chi connectivity index (χ0v) is 19.7. The molecule has 2 fully saturated rings. The highest BCUT2D eigenvalue weighted by Gasteiger charge is 2.32. The summed E-state index contributed by atoms with van der Waals surface area (Å²) < 4.78 is 14.0. The number of amides is 3. The Labute approximate surface area is 199 Å². The lowest BCUT2D eigenvalue weighted by Crippen LogP contribution is -2.53. The van der Waals surface area contributed by atoms with Crippen LogP contribution in [0.3, 0.4) is 0 Å². The van der Waals surface area contributed by atoms with E-state index in [0.717, 1.165) is 24.6 Å². The van der Waals surface area contributed by atoms with Crippen LogP contribution in [0.2, 0.25) is 5.02 Å². The van der Waals surface area contributed by atoms with Gasteiger partial charge in [0, 0.05) is 23.3 Å². The number of hydrogen-bond acceptors (Lipinski definition) is 3. The van der Waals surface area contributed by atoms with Gasteiger partial charge < -0.3 is 20.4 Å². The van der Waals surface area contributed by atoms with Gasteiger partial charge in [0.2, 0.25) is 5.91 Å². The number of urea groups is 1. The van der Waals surface area contributed by atoms with Crippen molar-refractivity contribution < 1.29 is 14.0 Å². The van der Waals surface area contributed by atoms with Gasteiger partial charge in [-0.1, -0.05) is 23.7 Å². The molecule has 2 unspecified atom stereocenters. The van der Waals surface area contributed by atoms with Crippen LogP contribution in [0.4, 0.5) is 20.6 Å². The number of nitrogens with zero attached hydrogens (tertiary/aromatic N) is 2. The minimum atomic E-state index is -0.663. The predicted molar refractivity (Wildman–Crippen MR) is 129 cm³/mol. The molecule has 1 aliphatic heterocycles. The molecule has 3 amide bonds. The average Bonchev–Trinajstić information content (AvgIpc) is 3.28. The molecule has 8 heteroatoms. The molecule has 0 bridgehead atoms. The van der Waals surface area contributed by atoms with E-state index in [1.165, 1.54) is 30.5 Å². The largest absolute Gasteiger partial charge is 0.326 e. The molecular formula is C25H30ClFN4O2. The second-order valence-electron chi connectivity index (χ2n) is 9.13. The summed E-state index contributed by atoms with van der Waals surface area (Å²) in [7, 11) is 4.27. The molecule has 2 aromatic rings. The van der Waals surface area contributed by atoms with Crippen LogP contribution in [0.1, 0.15) is 43.6 Å². The van der Waals surface area contributed by atoms with Gasteiger partial charge in [0.05, 0.1) is 5.69 Å². The first-order valence-electron chi connectivity index (χ1n) is 11.4. The maximum atomic E-state index is 14.0. The number of piperidine rings is 1. The van der Waals surface area contributed by atoms with Crippen molar-refractivity contribution in [2.24, 2.45) is 0 Å². The molecular weight excluding hydrogens is 443 g/mol. The van der Waals surface area contributed by atoms with E-state index in [-0.39, 0.29) is 16.6 Å². The predicted octanol–water partition coefficient (Wildman–Crippen LogP) is 4.99. The minimum Gasteiger partial charge on any atom is -0.326 e. The SMILES string of the molecule is CN(C)C1CCC(c2ccc(N3CCC[C@@H](NC(=O)Nc4ccc(Cl)cc4F)C3=O)cc2)C1. The molecule has 1 heterocycles. The topological polar surface area (TPSA) is 64.7 Å². The van der Waals surface area contributed by atoms with Crippen molar-refractivity contribution in [3.05, 3.63) is 58.9 Å². The van der Waals surface area contributed by atoms with Gasteiger partial charge in [-0.2, -0.15) is 0 Å². The summed E-state index contributed by atoms with van der Waals surface area (Å²) in [5.41, 5.74) is 2.16. The summed E-state index contributed by atoms with van der Waals surface area (Å²) in [4.78, 5) is 29.5. The third-order valence-electron chi connectivity index (χ3n) is 6.73. The van der Waals surface area contributed by atoms with Gasteiger partial charge in [0.15, 0.2) is 0 Å². The second kappa shape index (κ2) is 10.1. The Morgan fingerprint density at radius 1 is 1.12 bits per heavy atom. The van der Waals surface area contributed by atoms with Crippen LogP contribution in [0.5, 0.6) is 0 Å². The fraction of sp³-hybridized carbons (Fsp3) is 0.440. The van der Waals surface area contributed by atoms with E-state index >= 15 is 0 Å². The molecule has 1 aliphatic carbocycles. The summed E-state index contributed by atoms with van der Waals surface area (Å²) in [6.45, 7) is 0.607. The van der Waals surface area contributed by atoms with Crippen LogP contribution in [0.25, 0.3) is 0 Å². The number of carbonyl (C=O) groups is 2. The fourth-order valence-corrected chi connectivity index (χ4v) is 4.99. The first kappa shape index (κ1) is 23.5. The van der Waals surface area contributed by atoms with Crippen molar-refractivity contribution in [1.82, 2.24) is 10.2 Å². The van der Waals surface area contributed by atoms with Crippen molar-refractivity contribution in [3.8, 4) is 0 Å². The smallest absolute Gasteiger partial charge is 0.319 e. The molecule has 2 aromatic carbocycles. The van der Waals surface area contributed by atoms with Crippen molar-refractivity contribution in [2.75, 3.05) is 30.9 Å². The zero-order chi connectivity index (χ0) is 23.5. The van der Waals surface area contributed by atoms with Crippen molar-refractivity contribution in [3.63, 3.8) is 0 Å². The third-order valence-corrected chi connectivity index (χ3v) is 6.97. The number of halogens is 2. The Kier molecular flexibility index (Phi) is 7.20. The van der Waals surface area contributed by atoms with Crippen molar-refractivity contribution >= 4 is 34.9 Å². The highest BCUT2D eigenvalue weighted by Crippen LogP contribution is 2.37. The van der Waals surface area contributed by atoms with Crippen LogP contribution in [-0.4, -0.2) is 49.6 Å². The number of rotatable bonds is 5. The number of carbonyl (C=O) groups excluding carboxylic acids is 2. The minimum absolute atomic E-state index is 0.0102. The molecule has 0 aromatic heterocycles. The van der Waals surface area contributed by atoms with Gasteiger partial charge in [-0.15, -0.1) is 0 Å². The van der Waals surface area contributed by atoms with Crippen LogP contribution >= 0.6 is 11.6 Å². The lowest BCUT2D eigenvalue weighted by Gasteiger charge is -2.33. The van der Waals surface area contributed by atoms with Gasteiger partial charge in [0.1, 0.15) is 11.9 Å². The highest BCUT2D eigenvalue weighted by molar-refractivity contribution is 6.30. The van der Waals surface area contributed by atoms with Gasteiger partial charge in [-0.05, 0) is 88.0 Å². The third kappa shape index (κ3) is 5.47. The molecule has 176 valence electrons. The second-order valence-corrected chi connectivity index (χ2v) is 9.56. The molecule has 4 rings (SSSR count). The van der Waals surface area contributed by atoms with Gasteiger partial charge in [-0.3, -0.25) is 4.79 Å². The first-order chi connectivity index (χ1) is 15.8. The van der Waals surface area contributed by atoms with Gasteiger partial charge in [0.25, 0.3) is 0 Å². The molecule has 1 saturated heterocycles. The quantitative estimate of drug-likeness (QED) is 0.644. The van der Waals surface area contributed by atoms with E-state index in [2.05, 4.69) is 41.8 Å². The lowest BCUT2D eigenvalue weighted by molar-refractivity contribution is -0.121. The lowest BCUT2D eigenvalue weighted by atomic mass is 9.96. The van der Waals surface area contributed by atoms with Gasteiger partial charge in [-0.25, -0.2) is 9.18 Å². The Hall–Kier alpha value is -2.64. The summed E-state index contributed by atoms with van der Waals surface area (Å²) in [6.07, 6.45) is 4.85. The standard InChI is InChI=1S/C25H30ClFN4O2/c1-30(2)20-11-7-17(14-20)16-5-9-19(10-6-16)31-13-3-4-23(24(31)32)29-25(33)28-22-12-8-18(26)15-21(22)27/h5-6,8-10,12,15,17,20,23H,3-4,7,11,13-14H2,1-2H3,(H2,28,29,33)/t17?,20?,23-/m1/s1. The Morgan fingerprint density at radius 2 is 1.88 bits per heavy atom. The van der Waals surface area contributed by atoms with Gasteiger partial charge >= 0.3 is 6.03 Å². The zero-order valence-electron chi connectivity index (χ0n) is 19.0. The number of benzene rings is 2. The molecule has 0 radical (unpaired) electrons. The van der Waals surface area contributed by atoms with E-state index < -0.39 is 17.9 Å². The van der Waals surface area contributed by atoms with Crippen molar-refractivity contribution in [2.45, 2.75) is 50.1 Å². The molecule has 2 N–H and O–H groups in total. The number of nitrogens with one attached hydrogen (secondary N) is 2. The molecule has 1 saturated carbocycles. The Morgan fingerprint density at radius 3 is 2.55 bits per heavy atom. The van der Waals surface area contributed by atoms with Crippen LogP contribution in [0.15, 0.2) is 42.5 Å². The molecule has 2 aliphatic rings. The Bertz CT molecular complexity index is 1010. The average molecular weight is 473 g/mol. The number of hydrogen-bond donors (Lipinski definition) is 2. The maximum absolute atomic E-state index is 14.0. The van der Waals surface area contributed by atoms with E-state index in [4.69, 9.17) is 11.6 Å². The van der Waals surface area contributed by atoms with Crippen LogP contribution in [-0.2, 0) is 4.79 Å². The van der Waals surface area contributed by atoms with Crippen molar-refractivity contribution in [1.29, 1.82) is 0 Å². The van der Waals surface area contributed by atoms with E-state index in [1.807, 2.05) is 12.1 Å². The monoisotopic (exact) mass is 472 g/mol. The van der Waals surface area contributed by atoms with Crippen LogP contribution < -0.4 is 15.5 Å². The molecule has 33 heavy (non-hydrogen) atoms.